The Morgan fingerprint density at radius 1 is 1.29 bits per heavy atom. The van der Waals surface area contributed by atoms with Crippen LogP contribution in [-0.4, -0.2) is 35.3 Å². The topological polar surface area (TPSA) is 36.1 Å². The van der Waals surface area contributed by atoms with Gasteiger partial charge < -0.3 is 4.98 Å². The van der Waals surface area contributed by atoms with E-state index in [-0.39, 0.29) is 5.78 Å². The number of likely N-dealkylation sites (tertiary alicyclic amines) is 1. The monoisotopic (exact) mass is 284 g/mol. The Labute approximate surface area is 126 Å². The summed E-state index contributed by atoms with van der Waals surface area (Å²) in [5.41, 5.74) is 3.07. The lowest BCUT2D eigenvalue weighted by atomic mass is 9.91. The van der Waals surface area contributed by atoms with Gasteiger partial charge in [-0.15, -0.1) is 0 Å². The van der Waals surface area contributed by atoms with Crippen molar-refractivity contribution >= 4 is 16.7 Å². The summed E-state index contributed by atoms with van der Waals surface area (Å²) in [7, 11) is 0. The van der Waals surface area contributed by atoms with Gasteiger partial charge in [0.2, 0.25) is 0 Å². The maximum atomic E-state index is 12.7. The molecule has 0 unspecified atom stereocenters. The summed E-state index contributed by atoms with van der Waals surface area (Å²) < 4.78 is 0. The van der Waals surface area contributed by atoms with E-state index < -0.39 is 0 Å². The molecule has 0 amide bonds. The summed E-state index contributed by atoms with van der Waals surface area (Å²) >= 11 is 0. The first kappa shape index (κ1) is 14.3. The number of hydrogen-bond acceptors (Lipinski definition) is 2. The molecule has 0 radical (unpaired) electrons. The van der Waals surface area contributed by atoms with Gasteiger partial charge in [0.15, 0.2) is 5.78 Å². The van der Waals surface area contributed by atoms with Gasteiger partial charge in [0, 0.05) is 35.8 Å². The fourth-order valence-corrected chi connectivity index (χ4v) is 3.67. The molecule has 1 N–H and O–H groups in total. The Hall–Kier alpha value is -1.61. The second-order valence-corrected chi connectivity index (χ2v) is 6.81. The van der Waals surface area contributed by atoms with Crippen molar-refractivity contribution in [2.24, 2.45) is 11.8 Å². The number of rotatable bonds is 3. The molecule has 1 saturated heterocycles. The number of ketones is 1. The van der Waals surface area contributed by atoms with Gasteiger partial charge in [0.1, 0.15) is 0 Å². The quantitative estimate of drug-likeness (QED) is 0.874. The van der Waals surface area contributed by atoms with Crippen LogP contribution in [0.3, 0.4) is 0 Å². The second kappa shape index (κ2) is 5.64. The van der Waals surface area contributed by atoms with E-state index in [1.165, 1.54) is 12.0 Å². The van der Waals surface area contributed by atoms with E-state index in [0.717, 1.165) is 29.6 Å². The number of benzene rings is 1. The van der Waals surface area contributed by atoms with Gasteiger partial charge in [0.05, 0.1) is 6.54 Å². The van der Waals surface area contributed by atoms with E-state index >= 15 is 0 Å². The van der Waals surface area contributed by atoms with Crippen LogP contribution in [0.25, 0.3) is 10.9 Å². The molecule has 0 spiro atoms. The average Bonchev–Trinajstić information content (AvgIpc) is 2.80. The van der Waals surface area contributed by atoms with Crippen molar-refractivity contribution < 1.29 is 4.79 Å². The van der Waals surface area contributed by atoms with Crippen molar-refractivity contribution in [1.29, 1.82) is 0 Å². The molecule has 0 saturated carbocycles. The minimum Gasteiger partial charge on any atom is -0.360 e. The van der Waals surface area contributed by atoms with Crippen LogP contribution < -0.4 is 0 Å². The molecule has 112 valence electrons. The van der Waals surface area contributed by atoms with Gasteiger partial charge in [-0.1, -0.05) is 25.5 Å². The molecule has 1 aliphatic rings. The molecular formula is C18H24N2O. The maximum Gasteiger partial charge on any atom is 0.178 e. The molecule has 21 heavy (non-hydrogen) atoms. The highest BCUT2D eigenvalue weighted by Crippen LogP contribution is 2.23. The Balaban J connectivity index is 1.79. The van der Waals surface area contributed by atoms with Crippen molar-refractivity contribution in [1.82, 2.24) is 9.88 Å². The van der Waals surface area contributed by atoms with Gasteiger partial charge in [-0.3, -0.25) is 9.69 Å². The minimum atomic E-state index is 0.230. The Bertz CT molecular complexity index is 648. The highest BCUT2D eigenvalue weighted by molar-refractivity contribution is 6.08. The molecule has 1 aliphatic heterocycles. The van der Waals surface area contributed by atoms with Crippen LogP contribution >= 0.6 is 0 Å². The largest absolute Gasteiger partial charge is 0.360 e. The normalized spacial score (nSPS) is 23.6. The molecular weight excluding hydrogens is 260 g/mol. The zero-order valence-electron chi connectivity index (χ0n) is 13.1. The molecule has 2 aromatic rings. The Kier molecular flexibility index (Phi) is 3.85. The number of aromatic amines is 1. The van der Waals surface area contributed by atoms with Crippen molar-refractivity contribution in [3.05, 3.63) is 35.5 Å². The number of nitrogens with one attached hydrogen (secondary N) is 1. The Morgan fingerprint density at radius 3 is 2.71 bits per heavy atom. The van der Waals surface area contributed by atoms with E-state index in [1.54, 1.807) is 0 Å². The summed E-state index contributed by atoms with van der Waals surface area (Å²) in [6.45, 7) is 9.24. The fourth-order valence-electron chi connectivity index (χ4n) is 3.67. The van der Waals surface area contributed by atoms with Crippen molar-refractivity contribution in [3.63, 3.8) is 0 Å². The number of hydrogen-bond donors (Lipinski definition) is 1. The van der Waals surface area contributed by atoms with Crippen molar-refractivity contribution in [2.45, 2.75) is 27.2 Å². The molecule has 3 rings (SSSR count). The van der Waals surface area contributed by atoms with Crippen LogP contribution in [-0.2, 0) is 0 Å². The number of aromatic nitrogens is 1. The van der Waals surface area contributed by atoms with Gasteiger partial charge in [0.25, 0.3) is 0 Å². The summed E-state index contributed by atoms with van der Waals surface area (Å²) in [5.74, 6) is 1.60. The summed E-state index contributed by atoms with van der Waals surface area (Å²) in [6, 6.07) is 6.22. The number of Topliss-reactive ketones (excluding diaryl/α,β-unsaturated/α-hetero) is 1. The predicted octanol–water partition coefficient (Wildman–Crippen LogP) is 3.64. The average molecular weight is 284 g/mol. The molecule has 1 aromatic heterocycles. The smallest absolute Gasteiger partial charge is 0.178 e. The van der Waals surface area contributed by atoms with Gasteiger partial charge in [-0.2, -0.15) is 0 Å². The van der Waals surface area contributed by atoms with Crippen molar-refractivity contribution in [3.8, 4) is 0 Å². The molecule has 1 aromatic carbocycles. The number of carbonyl (C=O) groups is 1. The third kappa shape index (κ3) is 3.03. The lowest BCUT2D eigenvalue weighted by Gasteiger charge is -2.34. The highest BCUT2D eigenvalue weighted by atomic mass is 16.1. The van der Waals surface area contributed by atoms with E-state index in [0.29, 0.717) is 18.4 Å². The Morgan fingerprint density at radius 2 is 2.00 bits per heavy atom. The molecule has 0 bridgehead atoms. The molecule has 3 heteroatoms. The number of H-pyrrole nitrogens is 1. The van der Waals surface area contributed by atoms with E-state index in [1.807, 2.05) is 12.3 Å². The molecule has 0 aliphatic carbocycles. The molecule has 2 atom stereocenters. The van der Waals surface area contributed by atoms with Gasteiger partial charge in [-0.05, 0) is 37.3 Å². The van der Waals surface area contributed by atoms with Crippen LogP contribution in [0.5, 0.6) is 0 Å². The van der Waals surface area contributed by atoms with E-state index in [4.69, 9.17) is 0 Å². The first-order valence-electron chi connectivity index (χ1n) is 7.86. The van der Waals surface area contributed by atoms with Gasteiger partial charge in [-0.25, -0.2) is 0 Å². The number of aryl methyl sites for hydroxylation is 1. The highest BCUT2D eigenvalue weighted by Gasteiger charge is 2.24. The lowest BCUT2D eigenvalue weighted by Crippen LogP contribution is -2.41. The first-order chi connectivity index (χ1) is 10.0. The van der Waals surface area contributed by atoms with E-state index in [2.05, 4.69) is 42.8 Å². The van der Waals surface area contributed by atoms with Crippen LogP contribution in [0.4, 0.5) is 0 Å². The zero-order valence-corrected chi connectivity index (χ0v) is 13.1. The minimum absolute atomic E-state index is 0.230. The summed E-state index contributed by atoms with van der Waals surface area (Å²) in [6.07, 6.45) is 3.14. The number of nitrogens with zero attached hydrogens (tertiary/aromatic N) is 1. The van der Waals surface area contributed by atoms with Crippen LogP contribution in [0.2, 0.25) is 0 Å². The summed E-state index contributed by atoms with van der Waals surface area (Å²) in [4.78, 5) is 18.2. The lowest BCUT2D eigenvalue weighted by molar-refractivity contribution is 0.0851. The van der Waals surface area contributed by atoms with Crippen LogP contribution in [0.1, 0.15) is 36.2 Å². The first-order valence-corrected chi connectivity index (χ1v) is 7.86. The third-order valence-electron chi connectivity index (χ3n) is 4.45. The molecule has 2 heterocycles. The molecule has 3 nitrogen and oxygen atoms in total. The van der Waals surface area contributed by atoms with E-state index in [9.17, 15) is 4.79 Å². The maximum absolute atomic E-state index is 12.7. The zero-order chi connectivity index (χ0) is 15.0. The predicted molar refractivity (Wildman–Crippen MR) is 86.8 cm³/mol. The van der Waals surface area contributed by atoms with Crippen LogP contribution in [0.15, 0.2) is 24.4 Å². The fraction of sp³-hybridized carbons (Fsp3) is 0.500. The number of carbonyl (C=O) groups excluding carboxylic acids is 1. The number of fused-ring (bicyclic) bond motifs is 1. The summed E-state index contributed by atoms with van der Waals surface area (Å²) in [5, 5.41) is 1.05. The second-order valence-electron chi connectivity index (χ2n) is 6.81. The molecule has 1 fully saturated rings. The standard InChI is InChI=1S/C18H24N2O/c1-12-4-5-17-15(7-12)16(8-19-17)18(21)11-20-9-13(2)6-14(3)10-20/h4-5,7-8,13-14,19H,6,9-11H2,1-3H3/t13-,14+. The van der Waals surface area contributed by atoms with Crippen molar-refractivity contribution in [2.75, 3.05) is 19.6 Å². The van der Waals surface area contributed by atoms with Gasteiger partial charge >= 0.3 is 0 Å². The van der Waals surface area contributed by atoms with Crippen LogP contribution in [0, 0.1) is 18.8 Å². The third-order valence-corrected chi connectivity index (χ3v) is 4.45. The SMILES string of the molecule is Cc1ccc2[nH]cc(C(=O)CN3C[C@H](C)C[C@H](C)C3)c2c1. The number of piperidine rings is 1.